The molecule has 2 heteroatoms. The molecule has 0 saturated carbocycles. The van der Waals surface area contributed by atoms with Crippen LogP contribution in [0.2, 0.25) is 0 Å². The van der Waals surface area contributed by atoms with Crippen LogP contribution in [0.1, 0.15) is 35.1 Å². The maximum atomic E-state index is 5.43. The van der Waals surface area contributed by atoms with Crippen LogP contribution in [-0.2, 0) is 19.3 Å². The predicted molar refractivity (Wildman–Crippen MR) is 96.4 cm³/mol. The Morgan fingerprint density at radius 3 is 2.22 bits per heavy atom. The number of hydrogen-bond acceptors (Lipinski definition) is 2. The number of fused-ring (bicyclic) bond motifs is 2. The van der Waals surface area contributed by atoms with Crippen molar-refractivity contribution in [3.63, 3.8) is 0 Å². The molecule has 0 radical (unpaired) electrons. The Hall–Kier alpha value is -1.80. The van der Waals surface area contributed by atoms with E-state index in [0.717, 1.165) is 25.1 Å². The Kier molecular flexibility index (Phi) is 5.35. The Bertz CT molecular complexity index is 650. The maximum Gasteiger partial charge on any atom is 0.119 e. The van der Waals surface area contributed by atoms with Crippen LogP contribution in [0.15, 0.2) is 42.5 Å². The first-order chi connectivity index (χ1) is 11.3. The summed E-state index contributed by atoms with van der Waals surface area (Å²) in [7, 11) is 3.99. The quantitative estimate of drug-likeness (QED) is 0.786. The largest absolute Gasteiger partial charge is 0.497 e. The highest BCUT2D eigenvalue weighted by atomic mass is 16.5. The molecule has 0 saturated heterocycles. The summed E-state index contributed by atoms with van der Waals surface area (Å²) in [4.78, 5) is 2.46. The third-order valence-corrected chi connectivity index (χ3v) is 4.88. The number of methoxy groups -OCH3 is 1. The SMILES string of the molecule is COc1ccc2c(c1)CCCN(C)CCCc1ccccc1C2. The lowest BCUT2D eigenvalue weighted by Gasteiger charge is -2.20. The molecule has 0 fully saturated rings. The van der Waals surface area contributed by atoms with Gasteiger partial charge < -0.3 is 9.64 Å². The standard InChI is InChI=1S/C21H27NO/c1-22-13-5-9-17-7-3-4-8-18(17)15-20-11-12-21(23-2)16-19(20)10-6-14-22/h3-4,7-8,11-12,16H,5-6,9-10,13-15H2,1-2H3. The van der Waals surface area contributed by atoms with Gasteiger partial charge >= 0.3 is 0 Å². The van der Waals surface area contributed by atoms with Gasteiger partial charge in [-0.25, -0.2) is 0 Å². The van der Waals surface area contributed by atoms with Gasteiger partial charge in [-0.15, -0.1) is 0 Å². The monoisotopic (exact) mass is 309 g/mol. The first kappa shape index (κ1) is 16.1. The summed E-state index contributed by atoms with van der Waals surface area (Å²) in [5.74, 6) is 0.970. The summed E-state index contributed by atoms with van der Waals surface area (Å²) in [5.41, 5.74) is 5.86. The molecule has 23 heavy (non-hydrogen) atoms. The van der Waals surface area contributed by atoms with Crippen molar-refractivity contribution in [2.24, 2.45) is 0 Å². The third kappa shape index (κ3) is 4.14. The highest BCUT2D eigenvalue weighted by Crippen LogP contribution is 2.24. The predicted octanol–water partition coefficient (Wildman–Crippen LogP) is 4.10. The summed E-state index contributed by atoms with van der Waals surface area (Å²) >= 11 is 0. The normalized spacial score (nSPS) is 16.6. The van der Waals surface area contributed by atoms with Gasteiger partial charge in [0.1, 0.15) is 5.75 Å². The van der Waals surface area contributed by atoms with Crippen molar-refractivity contribution >= 4 is 0 Å². The molecule has 0 N–H and O–H groups in total. The number of hydrogen-bond donors (Lipinski definition) is 0. The van der Waals surface area contributed by atoms with Crippen LogP contribution >= 0.6 is 0 Å². The number of nitrogens with zero attached hydrogens (tertiary/aromatic N) is 1. The minimum atomic E-state index is 0.970. The minimum Gasteiger partial charge on any atom is -0.497 e. The molecule has 2 nitrogen and oxygen atoms in total. The fourth-order valence-electron chi connectivity index (χ4n) is 3.50. The number of aryl methyl sites for hydroxylation is 2. The number of benzene rings is 2. The molecule has 0 bridgehead atoms. The zero-order valence-corrected chi connectivity index (χ0v) is 14.3. The number of ether oxygens (including phenoxy) is 1. The summed E-state index contributed by atoms with van der Waals surface area (Å²) < 4.78 is 5.43. The molecule has 2 aromatic carbocycles. The summed E-state index contributed by atoms with van der Waals surface area (Å²) in [6.07, 6.45) is 5.78. The van der Waals surface area contributed by atoms with Crippen LogP contribution < -0.4 is 4.74 Å². The lowest BCUT2D eigenvalue weighted by molar-refractivity contribution is 0.324. The smallest absolute Gasteiger partial charge is 0.119 e. The van der Waals surface area contributed by atoms with Crippen molar-refractivity contribution in [1.29, 1.82) is 0 Å². The molecule has 122 valence electrons. The first-order valence-electron chi connectivity index (χ1n) is 8.67. The Labute approximate surface area is 140 Å². The topological polar surface area (TPSA) is 12.5 Å². The van der Waals surface area contributed by atoms with Crippen LogP contribution in [0.5, 0.6) is 5.75 Å². The maximum absolute atomic E-state index is 5.43. The van der Waals surface area contributed by atoms with Gasteiger partial charge in [-0.05, 0) is 86.6 Å². The number of rotatable bonds is 1. The fourth-order valence-corrected chi connectivity index (χ4v) is 3.50. The zero-order valence-electron chi connectivity index (χ0n) is 14.3. The van der Waals surface area contributed by atoms with Crippen molar-refractivity contribution in [3.8, 4) is 5.75 Å². The molecule has 1 aliphatic heterocycles. The van der Waals surface area contributed by atoms with Gasteiger partial charge in [0.25, 0.3) is 0 Å². The van der Waals surface area contributed by atoms with E-state index < -0.39 is 0 Å². The molecule has 1 heterocycles. The highest BCUT2D eigenvalue weighted by molar-refractivity contribution is 5.40. The van der Waals surface area contributed by atoms with Crippen LogP contribution in [0.3, 0.4) is 0 Å². The molecule has 3 rings (SSSR count). The van der Waals surface area contributed by atoms with E-state index in [1.807, 2.05) is 0 Å². The van der Waals surface area contributed by atoms with Crippen molar-refractivity contribution in [3.05, 3.63) is 64.7 Å². The van der Waals surface area contributed by atoms with Crippen LogP contribution in [-0.4, -0.2) is 32.1 Å². The second-order valence-electron chi connectivity index (χ2n) is 6.59. The van der Waals surface area contributed by atoms with E-state index in [2.05, 4.69) is 54.4 Å². The molecular weight excluding hydrogens is 282 g/mol. The molecule has 0 aromatic heterocycles. The Balaban J connectivity index is 1.95. The van der Waals surface area contributed by atoms with Gasteiger partial charge in [0, 0.05) is 0 Å². The van der Waals surface area contributed by atoms with E-state index in [4.69, 9.17) is 4.74 Å². The lowest BCUT2D eigenvalue weighted by Crippen LogP contribution is -2.22. The van der Waals surface area contributed by atoms with Crippen LogP contribution in [0.4, 0.5) is 0 Å². The van der Waals surface area contributed by atoms with Gasteiger partial charge in [-0.3, -0.25) is 0 Å². The zero-order chi connectivity index (χ0) is 16.1. The molecule has 0 aliphatic carbocycles. The molecule has 0 spiro atoms. The van der Waals surface area contributed by atoms with Gasteiger partial charge in [0.15, 0.2) is 0 Å². The Morgan fingerprint density at radius 2 is 1.48 bits per heavy atom. The lowest BCUT2D eigenvalue weighted by atomic mass is 9.92. The summed E-state index contributed by atoms with van der Waals surface area (Å²) in [6, 6.07) is 15.5. The first-order valence-corrected chi connectivity index (χ1v) is 8.67. The van der Waals surface area contributed by atoms with Crippen LogP contribution in [0, 0.1) is 0 Å². The van der Waals surface area contributed by atoms with Gasteiger partial charge in [-0.2, -0.15) is 0 Å². The average molecular weight is 309 g/mol. The second-order valence-corrected chi connectivity index (χ2v) is 6.59. The van der Waals surface area contributed by atoms with E-state index in [0.29, 0.717) is 0 Å². The second kappa shape index (κ2) is 7.65. The summed E-state index contributed by atoms with van der Waals surface area (Å²) in [6.45, 7) is 2.34. The van der Waals surface area contributed by atoms with Crippen molar-refractivity contribution in [2.75, 3.05) is 27.2 Å². The third-order valence-electron chi connectivity index (χ3n) is 4.88. The van der Waals surface area contributed by atoms with Gasteiger partial charge in [0.05, 0.1) is 7.11 Å². The molecule has 0 atom stereocenters. The van der Waals surface area contributed by atoms with Crippen LogP contribution in [0.25, 0.3) is 0 Å². The fraction of sp³-hybridized carbons (Fsp3) is 0.429. The van der Waals surface area contributed by atoms with E-state index >= 15 is 0 Å². The molecule has 1 aliphatic rings. The molecule has 0 unspecified atom stereocenters. The van der Waals surface area contributed by atoms with Crippen molar-refractivity contribution < 1.29 is 4.74 Å². The molecule has 0 amide bonds. The van der Waals surface area contributed by atoms with E-state index in [9.17, 15) is 0 Å². The van der Waals surface area contributed by atoms with E-state index in [1.54, 1.807) is 7.11 Å². The van der Waals surface area contributed by atoms with Gasteiger partial charge in [0.2, 0.25) is 0 Å². The van der Waals surface area contributed by atoms with E-state index in [-0.39, 0.29) is 0 Å². The Morgan fingerprint density at radius 1 is 0.826 bits per heavy atom. The van der Waals surface area contributed by atoms with Crippen molar-refractivity contribution in [2.45, 2.75) is 32.1 Å². The molecular formula is C21H27NO. The molecule has 2 aromatic rings. The minimum absolute atomic E-state index is 0.970. The van der Waals surface area contributed by atoms with Crippen molar-refractivity contribution in [1.82, 2.24) is 4.90 Å². The highest BCUT2D eigenvalue weighted by Gasteiger charge is 2.11. The average Bonchev–Trinajstić information content (AvgIpc) is 2.56. The van der Waals surface area contributed by atoms with Gasteiger partial charge in [-0.1, -0.05) is 30.3 Å². The van der Waals surface area contributed by atoms with E-state index in [1.165, 1.54) is 48.1 Å². The summed E-state index contributed by atoms with van der Waals surface area (Å²) in [5, 5.41) is 0.